The molecule has 2 aromatic rings. The summed E-state index contributed by atoms with van der Waals surface area (Å²) in [5.41, 5.74) is 1.52. The molecular weight excluding hydrogens is 260 g/mol. The lowest BCUT2D eigenvalue weighted by Crippen LogP contribution is -2.23. The van der Waals surface area contributed by atoms with Crippen LogP contribution in [0.4, 0.5) is 0 Å². The third kappa shape index (κ3) is 3.41. The predicted octanol–water partition coefficient (Wildman–Crippen LogP) is 2.10. The number of rotatable bonds is 3. The second-order valence-corrected chi connectivity index (χ2v) is 6.43. The van der Waals surface area contributed by atoms with Crippen molar-refractivity contribution in [2.24, 2.45) is 7.05 Å². The van der Waals surface area contributed by atoms with Gasteiger partial charge in [0.2, 0.25) is 0 Å². The summed E-state index contributed by atoms with van der Waals surface area (Å²) in [6, 6.07) is 0. The molecule has 0 spiro atoms. The molecule has 0 aliphatic rings. The van der Waals surface area contributed by atoms with Crippen molar-refractivity contribution in [3.8, 4) is 0 Å². The first-order chi connectivity index (χ1) is 8.86. The van der Waals surface area contributed by atoms with E-state index in [9.17, 15) is 4.79 Å². The van der Waals surface area contributed by atoms with Crippen LogP contribution >= 0.6 is 11.3 Å². The van der Waals surface area contributed by atoms with Crippen LogP contribution in [0.25, 0.3) is 0 Å². The lowest BCUT2D eigenvalue weighted by molar-refractivity contribution is 0.0946. The Morgan fingerprint density at radius 1 is 1.47 bits per heavy atom. The van der Waals surface area contributed by atoms with Crippen molar-refractivity contribution in [3.05, 3.63) is 34.3 Å². The van der Waals surface area contributed by atoms with Crippen molar-refractivity contribution >= 4 is 17.2 Å². The second kappa shape index (κ2) is 5.13. The van der Waals surface area contributed by atoms with Gasteiger partial charge in [0.25, 0.3) is 5.91 Å². The van der Waals surface area contributed by atoms with Crippen molar-refractivity contribution in [2.75, 3.05) is 0 Å². The predicted molar refractivity (Wildman–Crippen MR) is 75.2 cm³/mol. The summed E-state index contributed by atoms with van der Waals surface area (Å²) in [7, 11) is 1.83. The maximum absolute atomic E-state index is 11.8. The number of thiazole rings is 1. The highest BCUT2D eigenvalue weighted by Gasteiger charge is 2.17. The number of amides is 1. The normalized spacial score (nSPS) is 11.6. The summed E-state index contributed by atoms with van der Waals surface area (Å²) < 4.78 is 1.75. The van der Waals surface area contributed by atoms with Gasteiger partial charge < -0.3 is 9.88 Å². The van der Waals surface area contributed by atoms with Crippen molar-refractivity contribution in [2.45, 2.75) is 32.7 Å². The molecule has 0 aromatic carbocycles. The number of hydrogen-bond donors (Lipinski definition) is 1. The highest BCUT2D eigenvalue weighted by atomic mass is 32.1. The third-order valence-electron chi connectivity index (χ3n) is 2.66. The van der Waals surface area contributed by atoms with Crippen LogP contribution < -0.4 is 5.32 Å². The number of nitrogens with zero attached hydrogens (tertiary/aromatic N) is 3. The lowest BCUT2D eigenvalue weighted by atomic mass is 9.93. The number of aryl methyl sites for hydroxylation is 1. The molecule has 6 heteroatoms. The quantitative estimate of drug-likeness (QED) is 0.935. The molecule has 0 radical (unpaired) electrons. The zero-order valence-electron chi connectivity index (χ0n) is 11.6. The number of carbonyl (C=O) groups is 1. The monoisotopic (exact) mass is 278 g/mol. The average molecular weight is 278 g/mol. The fraction of sp³-hybridized carbons (Fsp3) is 0.462. The molecule has 0 bridgehead atoms. The van der Waals surface area contributed by atoms with Crippen molar-refractivity contribution in [1.82, 2.24) is 19.9 Å². The molecule has 2 rings (SSSR count). The molecule has 0 unspecified atom stereocenters. The average Bonchev–Trinajstić information content (AvgIpc) is 2.93. The highest BCUT2D eigenvalue weighted by Crippen LogP contribution is 2.23. The van der Waals surface area contributed by atoms with E-state index in [-0.39, 0.29) is 11.3 Å². The van der Waals surface area contributed by atoms with E-state index in [2.05, 4.69) is 36.1 Å². The molecule has 0 saturated heterocycles. The summed E-state index contributed by atoms with van der Waals surface area (Å²) in [6.07, 6.45) is 3.30. The number of hydrogen-bond acceptors (Lipinski definition) is 4. The SMILES string of the molecule is Cn1cnc(C(=O)NCc2nc(C(C)(C)C)cs2)c1. The zero-order valence-corrected chi connectivity index (χ0v) is 12.4. The van der Waals surface area contributed by atoms with Gasteiger partial charge in [-0.25, -0.2) is 9.97 Å². The van der Waals surface area contributed by atoms with E-state index in [1.807, 2.05) is 12.4 Å². The van der Waals surface area contributed by atoms with E-state index >= 15 is 0 Å². The lowest BCUT2D eigenvalue weighted by Gasteiger charge is -2.14. The Bertz CT molecular complexity index is 579. The number of aromatic nitrogens is 3. The fourth-order valence-corrected chi connectivity index (χ4v) is 2.47. The molecule has 0 fully saturated rings. The Morgan fingerprint density at radius 2 is 2.21 bits per heavy atom. The topological polar surface area (TPSA) is 59.8 Å². The van der Waals surface area contributed by atoms with E-state index in [4.69, 9.17) is 0 Å². The van der Waals surface area contributed by atoms with Gasteiger partial charge in [0.05, 0.1) is 18.6 Å². The second-order valence-electron chi connectivity index (χ2n) is 5.48. The van der Waals surface area contributed by atoms with Crippen LogP contribution in [-0.4, -0.2) is 20.4 Å². The van der Waals surface area contributed by atoms with Gasteiger partial charge in [-0.05, 0) is 0 Å². The van der Waals surface area contributed by atoms with Crippen molar-refractivity contribution in [3.63, 3.8) is 0 Å². The molecule has 0 atom stereocenters. The highest BCUT2D eigenvalue weighted by molar-refractivity contribution is 7.09. The summed E-state index contributed by atoms with van der Waals surface area (Å²) >= 11 is 1.57. The number of carbonyl (C=O) groups excluding carboxylic acids is 1. The Kier molecular flexibility index (Phi) is 3.71. The van der Waals surface area contributed by atoms with Gasteiger partial charge in [-0.3, -0.25) is 4.79 Å². The van der Waals surface area contributed by atoms with Gasteiger partial charge in [0.15, 0.2) is 0 Å². The first-order valence-electron chi connectivity index (χ1n) is 6.07. The summed E-state index contributed by atoms with van der Waals surface area (Å²) in [6.45, 7) is 6.81. The smallest absolute Gasteiger partial charge is 0.271 e. The maximum atomic E-state index is 11.8. The first-order valence-corrected chi connectivity index (χ1v) is 6.95. The molecule has 0 aliphatic carbocycles. The van der Waals surface area contributed by atoms with Crippen molar-refractivity contribution < 1.29 is 4.79 Å². The molecule has 1 amide bonds. The standard InChI is InChI=1S/C13H18N4OS/c1-13(2,3)10-7-19-11(16-10)5-14-12(18)9-6-17(4)8-15-9/h6-8H,5H2,1-4H3,(H,14,18). The molecular formula is C13H18N4OS. The van der Waals surface area contributed by atoms with E-state index in [0.29, 0.717) is 12.2 Å². The molecule has 2 aromatic heterocycles. The van der Waals surface area contributed by atoms with Gasteiger partial charge in [0, 0.05) is 24.0 Å². The van der Waals surface area contributed by atoms with Crippen molar-refractivity contribution in [1.29, 1.82) is 0 Å². The van der Waals surface area contributed by atoms with E-state index in [0.717, 1.165) is 10.7 Å². The van der Waals surface area contributed by atoms with Crippen LogP contribution in [0.5, 0.6) is 0 Å². The molecule has 102 valence electrons. The molecule has 0 saturated carbocycles. The van der Waals surface area contributed by atoms with Gasteiger partial charge in [0.1, 0.15) is 10.7 Å². The fourth-order valence-electron chi connectivity index (χ4n) is 1.51. The Labute approximate surface area is 116 Å². The minimum Gasteiger partial charge on any atom is -0.344 e. The van der Waals surface area contributed by atoms with Gasteiger partial charge in [-0.15, -0.1) is 11.3 Å². The molecule has 2 heterocycles. The van der Waals surface area contributed by atoms with Crippen LogP contribution in [0.3, 0.4) is 0 Å². The van der Waals surface area contributed by atoms with Crippen LogP contribution in [0.2, 0.25) is 0 Å². The largest absolute Gasteiger partial charge is 0.344 e. The number of imidazole rings is 1. The first kappa shape index (κ1) is 13.7. The Morgan fingerprint density at radius 3 is 2.74 bits per heavy atom. The van der Waals surface area contributed by atoms with Crippen LogP contribution in [0.15, 0.2) is 17.9 Å². The molecule has 1 N–H and O–H groups in total. The number of nitrogens with one attached hydrogen (secondary N) is 1. The minimum absolute atomic E-state index is 0.0414. The van der Waals surface area contributed by atoms with Gasteiger partial charge in [-0.2, -0.15) is 0 Å². The van der Waals surface area contributed by atoms with Gasteiger partial charge in [-0.1, -0.05) is 20.8 Å². The Balaban J connectivity index is 1.96. The third-order valence-corrected chi connectivity index (χ3v) is 3.51. The van der Waals surface area contributed by atoms with Crippen LogP contribution in [0.1, 0.15) is 42.0 Å². The van der Waals surface area contributed by atoms with Crippen LogP contribution in [0, 0.1) is 0 Å². The summed E-state index contributed by atoms with van der Waals surface area (Å²) in [4.78, 5) is 20.4. The summed E-state index contributed by atoms with van der Waals surface area (Å²) in [5, 5.41) is 5.78. The van der Waals surface area contributed by atoms with E-state index in [1.165, 1.54) is 0 Å². The zero-order chi connectivity index (χ0) is 14.0. The summed E-state index contributed by atoms with van der Waals surface area (Å²) in [5.74, 6) is -0.173. The molecule has 0 aliphatic heterocycles. The Hall–Kier alpha value is -1.69. The van der Waals surface area contributed by atoms with Crippen LogP contribution in [-0.2, 0) is 19.0 Å². The molecule has 19 heavy (non-hydrogen) atoms. The minimum atomic E-state index is -0.173. The maximum Gasteiger partial charge on any atom is 0.271 e. The molecule has 5 nitrogen and oxygen atoms in total. The van der Waals surface area contributed by atoms with E-state index in [1.54, 1.807) is 28.4 Å². The van der Waals surface area contributed by atoms with Gasteiger partial charge >= 0.3 is 0 Å². The van der Waals surface area contributed by atoms with E-state index < -0.39 is 0 Å².